The Morgan fingerprint density at radius 3 is 2.29 bits per heavy atom. The maximum absolute atomic E-state index is 13.9. The van der Waals surface area contributed by atoms with Crippen molar-refractivity contribution in [3.8, 4) is 0 Å². The zero-order valence-corrected chi connectivity index (χ0v) is 19.2. The molecule has 1 amide bonds. The fraction of sp³-hybridized carbons (Fsp3) is 0.696. The molecule has 0 unspecified atom stereocenters. The predicted molar refractivity (Wildman–Crippen MR) is 118 cm³/mol. The molecule has 0 radical (unpaired) electrons. The third kappa shape index (κ3) is 4.39. The number of piperazine rings is 1. The van der Waals surface area contributed by atoms with Gasteiger partial charge in [-0.1, -0.05) is 44.2 Å². The Bertz CT molecular complexity index is 887. The van der Waals surface area contributed by atoms with Crippen molar-refractivity contribution in [1.29, 1.82) is 0 Å². The van der Waals surface area contributed by atoms with Gasteiger partial charge in [-0.15, -0.1) is 0 Å². The lowest BCUT2D eigenvalue weighted by atomic mass is 9.77. The summed E-state index contributed by atoms with van der Waals surface area (Å²) >= 11 is 0. The number of amides is 1. The number of hydrogen-bond donors (Lipinski definition) is 0. The van der Waals surface area contributed by atoms with Gasteiger partial charge in [-0.05, 0) is 43.4 Å². The molecule has 0 N–H and O–H groups in total. The van der Waals surface area contributed by atoms with Gasteiger partial charge >= 0.3 is 0 Å². The van der Waals surface area contributed by atoms with E-state index in [4.69, 9.17) is 0 Å². The molecule has 1 heterocycles. The van der Waals surface area contributed by atoms with E-state index in [2.05, 4.69) is 0 Å². The summed E-state index contributed by atoms with van der Waals surface area (Å²) < 4.78 is 43.3. The Balaban J connectivity index is 1.44. The van der Waals surface area contributed by atoms with Crippen LogP contribution in [0.25, 0.3) is 0 Å². The van der Waals surface area contributed by atoms with Crippen molar-refractivity contribution in [1.82, 2.24) is 13.5 Å². The molecule has 2 aliphatic carbocycles. The highest BCUT2D eigenvalue weighted by atomic mass is 32.2. The zero-order chi connectivity index (χ0) is 22.1. The van der Waals surface area contributed by atoms with Gasteiger partial charge in [0.15, 0.2) is 0 Å². The van der Waals surface area contributed by atoms with E-state index in [0.717, 1.165) is 56.9 Å². The van der Waals surface area contributed by atoms with E-state index < -0.39 is 15.6 Å². The van der Waals surface area contributed by atoms with Crippen LogP contribution < -0.4 is 0 Å². The maximum atomic E-state index is 13.9. The Morgan fingerprint density at radius 2 is 1.68 bits per heavy atom. The summed E-state index contributed by atoms with van der Waals surface area (Å²) in [6.07, 6.45) is 8.51. The van der Waals surface area contributed by atoms with E-state index in [1.54, 1.807) is 22.3 Å². The summed E-state index contributed by atoms with van der Waals surface area (Å²) in [6, 6.07) is 6.50. The Labute approximate surface area is 185 Å². The first-order chi connectivity index (χ1) is 14.8. The second-order valence-electron chi connectivity index (χ2n) is 9.31. The molecule has 2 saturated carbocycles. The molecule has 6 nitrogen and oxygen atoms in total. The van der Waals surface area contributed by atoms with E-state index in [-0.39, 0.29) is 17.8 Å². The van der Waals surface area contributed by atoms with Crippen LogP contribution in [0.5, 0.6) is 0 Å². The van der Waals surface area contributed by atoms with Crippen molar-refractivity contribution in [2.24, 2.45) is 0 Å². The minimum atomic E-state index is -3.52. The SMILES string of the molecule is CN(C1CCCCC1)S(=O)(=O)N1CCN(C(=O)C2(c3cccc(F)c3)CCCC2)CC1. The molecule has 31 heavy (non-hydrogen) atoms. The third-order valence-corrected chi connectivity index (χ3v) is 9.59. The molecule has 4 rings (SSSR count). The van der Waals surface area contributed by atoms with Gasteiger partial charge in [0.2, 0.25) is 5.91 Å². The number of nitrogens with zero attached hydrogens (tertiary/aromatic N) is 3. The highest BCUT2D eigenvalue weighted by Gasteiger charge is 2.46. The summed E-state index contributed by atoms with van der Waals surface area (Å²) in [5.74, 6) is -0.300. The van der Waals surface area contributed by atoms with Crippen molar-refractivity contribution in [2.45, 2.75) is 69.2 Å². The lowest BCUT2D eigenvalue weighted by Gasteiger charge is -2.41. The van der Waals surface area contributed by atoms with Gasteiger partial charge < -0.3 is 4.90 Å². The average molecular weight is 452 g/mol. The minimum Gasteiger partial charge on any atom is -0.339 e. The largest absolute Gasteiger partial charge is 0.339 e. The molecular weight excluding hydrogens is 417 g/mol. The number of halogens is 1. The van der Waals surface area contributed by atoms with E-state index in [0.29, 0.717) is 26.2 Å². The number of carbonyl (C=O) groups excluding carboxylic acids is 1. The molecular formula is C23H34FN3O3S. The van der Waals surface area contributed by atoms with Gasteiger partial charge in [0.1, 0.15) is 5.82 Å². The first-order valence-corrected chi connectivity index (χ1v) is 13.0. The van der Waals surface area contributed by atoms with Crippen molar-refractivity contribution in [3.63, 3.8) is 0 Å². The predicted octanol–water partition coefficient (Wildman–Crippen LogP) is 3.29. The maximum Gasteiger partial charge on any atom is 0.282 e. The molecule has 3 aliphatic rings. The van der Waals surface area contributed by atoms with E-state index in [9.17, 15) is 17.6 Å². The first kappa shape index (κ1) is 22.7. The number of hydrogen-bond acceptors (Lipinski definition) is 3. The third-order valence-electron chi connectivity index (χ3n) is 7.55. The Kier molecular flexibility index (Phi) is 6.70. The molecule has 0 atom stereocenters. The fourth-order valence-electron chi connectivity index (χ4n) is 5.63. The normalized spacial score (nSPS) is 23.4. The topological polar surface area (TPSA) is 60.9 Å². The van der Waals surface area contributed by atoms with Gasteiger partial charge in [0, 0.05) is 39.3 Å². The monoisotopic (exact) mass is 451 g/mol. The molecule has 0 spiro atoms. The molecule has 1 aliphatic heterocycles. The quantitative estimate of drug-likeness (QED) is 0.690. The number of rotatable bonds is 5. The first-order valence-electron chi connectivity index (χ1n) is 11.6. The van der Waals surface area contributed by atoms with E-state index in [1.807, 2.05) is 6.07 Å². The fourth-order valence-corrected chi connectivity index (χ4v) is 7.21. The van der Waals surface area contributed by atoms with Crippen LogP contribution in [0.2, 0.25) is 0 Å². The van der Waals surface area contributed by atoms with Crippen molar-refractivity contribution >= 4 is 16.1 Å². The van der Waals surface area contributed by atoms with E-state index in [1.165, 1.54) is 22.9 Å². The molecule has 0 aromatic heterocycles. The molecule has 1 aromatic rings. The molecule has 8 heteroatoms. The molecule has 1 aromatic carbocycles. The van der Waals surface area contributed by atoms with Crippen molar-refractivity contribution in [2.75, 3.05) is 33.2 Å². The summed E-state index contributed by atoms with van der Waals surface area (Å²) in [7, 11) is -1.83. The van der Waals surface area contributed by atoms with Crippen LogP contribution in [0.3, 0.4) is 0 Å². The standard InChI is InChI=1S/C23H34FN3O3S/c1-25(21-10-3-2-4-11-21)31(29,30)27-16-14-26(15-17-27)22(28)23(12-5-6-13-23)19-8-7-9-20(24)18-19/h7-9,18,21H,2-6,10-17H2,1H3. The van der Waals surface area contributed by atoms with Crippen molar-refractivity contribution in [3.05, 3.63) is 35.6 Å². The summed E-state index contributed by atoms with van der Waals surface area (Å²) in [4.78, 5) is 15.4. The molecule has 1 saturated heterocycles. The summed E-state index contributed by atoms with van der Waals surface area (Å²) in [5, 5.41) is 0. The van der Waals surface area contributed by atoms with Gasteiger partial charge in [0.25, 0.3) is 10.2 Å². The minimum absolute atomic E-state index is 0.0216. The van der Waals surface area contributed by atoms with Crippen LogP contribution in [0.4, 0.5) is 4.39 Å². The summed E-state index contributed by atoms with van der Waals surface area (Å²) in [5.41, 5.74) is 0.0734. The number of benzene rings is 1. The second-order valence-corrected chi connectivity index (χ2v) is 11.3. The number of carbonyl (C=O) groups is 1. The lowest BCUT2D eigenvalue weighted by Crippen LogP contribution is -2.57. The Hall–Kier alpha value is -1.51. The average Bonchev–Trinajstić information content (AvgIpc) is 3.30. The van der Waals surface area contributed by atoms with Crippen LogP contribution in [0.1, 0.15) is 63.4 Å². The lowest BCUT2D eigenvalue weighted by molar-refractivity contribution is -0.138. The Morgan fingerprint density at radius 1 is 1.03 bits per heavy atom. The molecule has 0 bridgehead atoms. The molecule has 3 fully saturated rings. The summed E-state index contributed by atoms with van der Waals surface area (Å²) in [6.45, 7) is 1.38. The van der Waals surface area contributed by atoms with Crippen LogP contribution in [0.15, 0.2) is 24.3 Å². The highest BCUT2D eigenvalue weighted by Crippen LogP contribution is 2.43. The van der Waals surface area contributed by atoms with Gasteiger partial charge in [-0.2, -0.15) is 17.0 Å². The van der Waals surface area contributed by atoms with Gasteiger partial charge in [-0.3, -0.25) is 4.79 Å². The van der Waals surface area contributed by atoms with E-state index >= 15 is 0 Å². The second kappa shape index (κ2) is 9.16. The van der Waals surface area contributed by atoms with Gasteiger partial charge in [0.05, 0.1) is 5.41 Å². The highest BCUT2D eigenvalue weighted by molar-refractivity contribution is 7.86. The molecule has 172 valence electrons. The van der Waals surface area contributed by atoms with Crippen LogP contribution >= 0.6 is 0 Å². The van der Waals surface area contributed by atoms with Gasteiger partial charge in [-0.25, -0.2) is 4.39 Å². The van der Waals surface area contributed by atoms with Crippen molar-refractivity contribution < 1.29 is 17.6 Å². The smallest absolute Gasteiger partial charge is 0.282 e. The van der Waals surface area contributed by atoms with Crippen LogP contribution in [-0.2, 0) is 20.4 Å². The van der Waals surface area contributed by atoms with Crippen LogP contribution in [-0.4, -0.2) is 67.1 Å². The van der Waals surface area contributed by atoms with Crippen LogP contribution in [0, 0.1) is 5.82 Å². The zero-order valence-electron chi connectivity index (χ0n) is 18.4.